The number of carboxylic acid groups (broad SMARTS) is 1. The molecule has 29 heavy (non-hydrogen) atoms. The molecule has 0 saturated heterocycles. The van der Waals surface area contributed by atoms with Gasteiger partial charge in [0.1, 0.15) is 5.75 Å². The van der Waals surface area contributed by atoms with Crippen molar-refractivity contribution in [1.82, 2.24) is 9.88 Å². The molecule has 2 rings (SSSR count). The van der Waals surface area contributed by atoms with Gasteiger partial charge >= 0.3 is 5.97 Å². The van der Waals surface area contributed by atoms with Crippen LogP contribution in [0.4, 0.5) is 4.39 Å². The first-order valence-electron chi connectivity index (χ1n) is 10.5. The second-order valence-electron chi connectivity index (χ2n) is 6.80. The number of hydrogen-bond donors (Lipinski definition) is 1. The molecular weight excluding hydrogens is 375 g/mol. The third-order valence-electron chi connectivity index (χ3n) is 4.13. The molecule has 1 aromatic heterocycles. The number of pyridine rings is 1. The standard InChI is InChI=1S/C22H27FN2O4/c1-16(2)25(22(28)17-11-12-20(23)24-14-17)15-18-8-5-6-9-19(18)29-13-7-3-4-10-21(26)27/h5-6,8-9,11-12,14,16H,3-4,7,10,13,15H2,1-2H3,(H,26,27)/i15D2. The van der Waals surface area contributed by atoms with Gasteiger partial charge in [0.25, 0.3) is 5.91 Å². The highest BCUT2D eigenvalue weighted by Crippen LogP contribution is 2.22. The van der Waals surface area contributed by atoms with Crippen LogP contribution >= 0.6 is 0 Å². The number of unbranched alkanes of at least 4 members (excludes halogenated alkanes) is 2. The molecule has 0 atom stereocenters. The average molecular weight is 404 g/mol. The first-order valence-corrected chi connectivity index (χ1v) is 9.54. The maximum atomic E-state index is 13.1. The number of carboxylic acids is 1. The van der Waals surface area contributed by atoms with Gasteiger partial charge in [-0.25, -0.2) is 4.98 Å². The summed E-state index contributed by atoms with van der Waals surface area (Å²) >= 11 is 0. The predicted molar refractivity (Wildman–Crippen MR) is 107 cm³/mol. The van der Waals surface area contributed by atoms with Crippen molar-refractivity contribution in [3.8, 4) is 5.75 Å². The average Bonchev–Trinajstić information content (AvgIpc) is 2.70. The third-order valence-corrected chi connectivity index (χ3v) is 4.13. The number of rotatable bonds is 11. The summed E-state index contributed by atoms with van der Waals surface area (Å²) < 4.78 is 36.4. The van der Waals surface area contributed by atoms with Gasteiger partial charge in [0.2, 0.25) is 5.95 Å². The molecule has 0 saturated carbocycles. The molecule has 0 aliphatic heterocycles. The van der Waals surface area contributed by atoms with Crippen LogP contribution in [0, 0.1) is 5.95 Å². The van der Waals surface area contributed by atoms with Crippen LogP contribution in [0.1, 0.15) is 58.2 Å². The molecule has 0 spiro atoms. The first kappa shape index (κ1) is 19.4. The molecule has 0 radical (unpaired) electrons. The van der Waals surface area contributed by atoms with Gasteiger partial charge in [-0.1, -0.05) is 18.2 Å². The SMILES string of the molecule is [2H]C([2H])(c1ccccc1OCCCCCC(=O)O)N(C(=O)c1ccc(F)nc1)C(C)C. The van der Waals surface area contributed by atoms with Crippen LogP contribution in [0.3, 0.4) is 0 Å². The largest absolute Gasteiger partial charge is 0.493 e. The molecule has 0 fully saturated rings. The van der Waals surface area contributed by atoms with Crippen molar-refractivity contribution in [2.45, 2.75) is 52.1 Å². The predicted octanol–water partition coefficient (Wildman–Crippen LogP) is 4.30. The van der Waals surface area contributed by atoms with E-state index in [-0.39, 0.29) is 17.5 Å². The van der Waals surface area contributed by atoms with Crippen LogP contribution in [-0.4, -0.2) is 39.5 Å². The summed E-state index contributed by atoms with van der Waals surface area (Å²) in [7, 11) is 0. The second kappa shape index (κ2) is 11.1. The van der Waals surface area contributed by atoms with Crippen molar-refractivity contribution in [2.24, 2.45) is 0 Å². The van der Waals surface area contributed by atoms with E-state index in [2.05, 4.69) is 4.98 Å². The summed E-state index contributed by atoms with van der Waals surface area (Å²) in [5.74, 6) is -1.87. The van der Waals surface area contributed by atoms with E-state index in [1.807, 2.05) is 0 Å². The topological polar surface area (TPSA) is 79.7 Å². The minimum absolute atomic E-state index is 0.0794. The molecule has 0 aliphatic carbocycles. The fourth-order valence-electron chi connectivity index (χ4n) is 2.61. The van der Waals surface area contributed by atoms with Crippen LogP contribution in [0.15, 0.2) is 42.6 Å². The minimum Gasteiger partial charge on any atom is -0.493 e. The van der Waals surface area contributed by atoms with Gasteiger partial charge in [-0.2, -0.15) is 4.39 Å². The number of para-hydroxylation sites is 1. The van der Waals surface area contributed by atoms with Gasteiger partial charge in [0, 0.05) is 30.7 Å². The Morgan fingerprint density at radius 3 is 2.62 bits per heavy atom. The maximum Gasteiger partial charge on any atom is 0.303 e. The Morgan fingerprint density at radius 2 is 1.97 bits per heavy atom. The van der Waals surface area contributed by atoms with Crippen LogP contribution < -0.4 is 4.74 Å². The number of aliphatic carboxylic acids is 1. The summed E-state index contributed by atoms with van der Waals surface area (Å²) in [5.41, 5.74) is 0.272. The van der Waals surface area contributed by atoms with E-state index in [1.54, 1.807) is 38.1 Å². The Balaban J connectivity index is 2.20. The molecule has 1 heterocycles. The number of aromatic nitrogens is 1. The normalized spacial score (nSPS) is 12.3. The van der Waals surface area contributed by atoms with E-state index in [4.69, 9.17) is 12.6 Å². The lowest BCUT2D eigenvalue weighted by Crippen LogP contribution is -2.36. The van der Waals surface area contributed by atoms with Crippen LogP contribution in [0.2, 0.25) is 0 Å². The molecule has 1 aromatic carbocycles. The van der Waals surface area contributed by atoms with Gasteiger partial charge in [-0.3, -0.25) is 9.59 Å². The van der Waals surface area contributed by atoms with Crippen LogP contribution in [-0.2, 0) is 11.3 Å². The Bertz CT molecular complexity index is 891. The third kappa shape index (κ3) is 7.18. The Morgan fingerprint density at radius 1 is 1.21 bits per heavy atom. The summed E-state index contributed by atoms with van der Waals surface area (Å²) in [4.78, 5) is 28.2. The zero-order valence-corrected chi connectivity index (χ0v) is 16.6. The van der Waals surface area contributed by atoms with Gasteiger partial charge in [-0.05, 0) is 51.3 Å². The number of carbonyl (C=O) groups is 2. The number of carbonyl (C=O) groups excluding carboxylic acids is 1. The fourth-order valence-corrected chi connectivity index (χ4v) is 2.61. The summed E-state index contributed by atoms with van der Waals surface area (Å²) in [6.07, 6.45) is 3.03. The number of benzene rings is 1. The van der Waals surface area contributed by atoms with Gasteiger partial charge < -0.3 is 14.7 Å². The molecule has 6 nitrogen and oxygen atoms in total. The number of ether oxygens (including phenoxy) is 1. The minimum atomic E-state index is -2.21. The number of halogens is 1. The van der Waals surface area contributed by atoms with Gasteiger partial charge in [0.15, 0.2) is 0 Å². The highest BCUT2D eigenvalue weighted by atomic mass is 19.1. The molecule has 7 heteroatoms. The van der Waals surface area contributed by atoms with E-state index < -0.39 is 30.4 Å². The lowest BCUT2D eigenvalue weighted by Gasteiger charge is -2.27. The number of nitrogens with zero attached hydrogens (tertiary/aromatic N) is 2. The monoisotopic (exact) mass is 404 g/mol. The van der Waals surface area contributed by atoms with E-state index in [9.17, 15) is 14.0 Å². The lowest BCUT2D eigenvalue weighted by atomic mass is 10.1. The zero-order chi connectivity index (χ0) is 23.0. The molecule has 2 aromatic rings. The number of amides is 1. The lowest BCUT2D eigenvalue weighted by molar-refractivity contribution is -0.137. The molecule has 156 valence electrons. The van der Waals surface area contributed by atoms with Crippen molar-refractivity contribution in [3.05, 3.63) is 59.7 Å². The van der Waals surface area contributed by atoms with E-state index in [0.29, 0.717) is 31.6 Å². The first-order chi connectivity index (χ1) is 14.6. The van der Waals surface area contributed by atoms with Gasteiger partial charge in [0.05, 0.1) is 14.9 Å². The Hall–Kier alpha value is -2.96. The van der Waals surface area contributed by atoms with Crippen LogP contribution in [0.25, 0.3) is 0 Å². The maximum absolute atomic E-state index is 13.1. The van der Waals surface area contributed by atoms with Crippen molar-refractivity contribution in [1.29, 1.82) is 0 Å². The molecular formula is C22H27FN2O4. The smallest absolute Gasteiger partial charge is 0.303 e. The van der Waals surface area contributed by atoms with E-state index in [1.165, 1.54) is 6.07 Å². The molecule has 1 amide bonds. The summed E-state index contributed by atoms with van der Waals surface area (Å²) in [6.45, 7) is 1.47. The summed E-state index contributed by atoms with van der Waals surface area (Å²) in [5, 5.41) is 8.68. The number of hydrogen-bond acceptors (Lipinski definition) is 4. The zero-order valence-electron chi connectivity index (χ0n) is 18.6. The highest BCUT2D eigenvalue weighted by molar-refractivity contribution is 5.94. The van der Waals surface area contributed by atoms with Crippen molar-refractivity contribution >= 4 is 11.9 Å². The molecule has 0 unspecified atom stereocenters. The van der Waals surface area contributed by atoms with Crippen molar-refractivity contribution < 1.29 is 26.6 Å². The van der Waals surface area contributed by atoms with E-state index >= 15 is 0 Å². The second-order valence-corrected chi connectivity index (χ2v) is 6.80. The van der Waals surface area contributed by atoms with Crippen molar-refractivity contribution in [2.75, 3.05) is 6.61 Å². The summed E-state index contributed by atoms with van der Waals surface area (Å²) in [6, 6.07) is 8.40. The van der Waals surface area contributed by atoms with Crippen molar-refractivity contribution in [3.63, 3.8) is 0 Å². The van der Waals surface area contributed by atoms with E-state index in [0.717, 1.165) is 17.2 Å². The van der Waals surface area contributed by atoms with Crippen LogP contribution in [0.5, 0.6) is 5.75 Å². The highest BCUT2D eigenvalue weighted by Gasteiger charge is 2.21. The van der Waals surface area contributed by atoms with Gasteiger partial charge in [-0.15, -0.1) is 0 Å². The molecule has 0 bridgehead atoms. The molecule has 0 aliphatic rings. The molecule has 1 N–H and O–H groups in total. The Kier molecular flexibility index (Phi) is 7.44. The quantitative estimate of drug-likeness (QED) is 0.446. The Labute approximate surface area is 173 Å². The fraction of sp³-hybridized carbons (Fsp3) is 0.409.